The van der Waals surface area contributed by atoms with Crippen LogP contribution in [0.4, 0.5) is 4.39 Å². The van der Waals surface area contributed by atoms with Crippen molar-refractivity contribution in [1.82, 2.24) is 4.31 Å². The first-order chi connectivity index (χ1) is 8.82. The lowest BCUT2D eigenvalue weighted by atomic mass is 10.0. The average Bonchev–Trinajstić information content (AvgIpc) is 2.27. The van der Waals surface area contributed by atoms with E-state index >= 15 is 0 Å². The Morgan fingerprint density at radius 2 is 1.68 bits per heavy atom. The number of hydrogen-bond donors (Lipinski definition) is 0. The van der Waals surface area contributed by atoms with Gasteiger partial charge in [-0.15, -0.1) is 0 Å². The van der Waals surface area contributed by atoms with Gasteiger partial charge < -0.3 is 0 Å². The summed E-state index contributed by atoms with van der Waals surface area (Å²) >= 11 is 6.27. The predicted molar refractivity (Wildman–Crippen MR) is 79.0 cm³/mol. The highest BCUT2D eigenvalue weighted by molar-refractivity contribution is 9.11. The third-order valence-electron chi connectivity index (χ3n) is 3.30. The predicted octanol–water partition coefficient (Wildman–Crippen LogP) is 3.77. The Bertz CT molecular complexity index is 560. The van der Waals surface area contributed by atoms with Gasteiger partial charge in [-0.1, -0.05) is 6.92 Å². The molecule has 0 bridgehead atoms. The second kappa shape index (κ2) is 5.79. The standard InChI is InChI=1S/C12H14Br2FNO2S/c1-8-2-4-16(5-3-8)19(17,18)12-10(13)6-9(15)7-11(12)14/h6-8H,2-5H2,1H3. The quantitative estimate of drug-likeness (QED) is 0.738. The third-order valence-corrected chi connectivity index (χ3v) is 7.08. The van der Waals surface area contributed by atoms with E-state index in [0.29, 0.717) is 19.0 Å². The Kier molecular flexibility index (Phi) is 4.70. The summed E-state index contributed by atoms with van der Waals surface area (Å²) in [7, 11) is -3.59. The molecular weight excluding hydrogens is 401 g/mol. The third kappa shape index (κ3) is 3.20. The van der Waals surface area contributed by atoms with Gasteiger partial charge in [-0.05, 0) is 62.8 Å². The molecule has 0 amide bonds. The minimum atomic E-state index is -3.59. The van der Waals surface area contributed by atoms with Gasteiger partial charge in [-0.3, -0.25) is 0 Å². The van der Waals surface area contributed by atoms with E-state index in [2.05, 4.69) is 38.8 Å². The van der Waals surface area contributed by atoms with Gasteiger partial charge in [0.15, 0.2) is 0 Å². The van der Waals surface area contributed by atoms with Crippen molar-refractivity contribution in [2.75, 3.05) is 13.1 Å². The van der Waals surface area contributed by atoms with Crippen molar-refractivity contribution in [3.63, 3.8) is 0 Å². The minimum Gasteiger partial charge on any atom is -0.207 e. The fourth-order valence-electron chi connectivity index (χ4n) is 2.13. The van der Waals surface area contributed by atoms with Crippen LogP contribution >= 0.6 is 31.9 Å². The summed E-state index contributed by atoms with van der Waals surface area (Å²) in [5.74, 6) is 0.0662. The van der Waals surface area contributed by atoms with E-state index in [-0.39, 0.29) is 13.8 Å². The van der Waals surface area contributed by atoms with Crippen molar-refractivity contribution >= 4 is 41.9 Å². The van der Waals surface area contributed by atoms with Gasteiger partial charge in [-0.25, -0.2) is 12.8 Å². The van der Waals surface area contributed by atoms with Gasteiger partial charge in [0.05, 0.1) is 0 Å². The summed E-state index contributed by atoms with van der Waals surface area (Å²) in [6, 6.07) is 2.34. The van der Waals surface area contributed by atoms with Crippen LogP contribution in [0.15, 0.2) is 26.0 Å². The van der Waals surface area contributed by atoms with Crippen LogP contribution in [0.5, 0.6) is 0 Å². The number of halogens is 3. The smallest absolute Gasteiger partial charge is 0.207 e. The Labute approximate surface area is 129 Å². The van der Waals surface area contributed by atoms with Gasteiger partial charge >= 0.3 is 0 Å². The van der Waals surface area contributed by atoms with Crippen LogP contribution < -0.4 is 0 Å². The molecule has 1 aliphatic heterocycles. The molecule has 19 heavy (non-hydrogen) atoms. The fraction of sp³-hybridized carbons (Fsp3) is 0.500. The lowest BCUT2D eigenvalue weighted by molar-refractivity contribution is 0.288. The molecule has 0 atom stereocenters. The lowest BCUT2D eigenvalue weighted by Gasteiger charge is -2.30. The van der Waals surface area contributed by atoms with Crippen molar-refractivity contribution in [1.29, 1.82) is 0 Å². The molecule has 0 radical (unpaired) electrons. The number of sulfonamides is 1. The molecule has 0 aromatic heterocycles. The minimum absolute atomic E-state index is 0.100. The maximum atomic E-state index is 13.2. The topological polar surface area (TPSA) is 37.4 Å². The first kappa shape index (κ1) is 15.4. The molecule has 0 unspecified atom stereocenters. The van der Waals surface area contributed by atoms with Crippen molar-refractivity contribution in [2.45, 2.75) is 24.7 Å². The molecule has 1 saturated heterocycles. The zero-order valence-corrected chi connectivity index (χ0v) is 14.4. The average molecular weight is 415 g/mol. The number of nitrogens with zero attached hydrogens (tertiary/aromatic N) is 1. The molecule has 1 aromatic rings. The van der Waals surface area contributed by atoms with Gasteiger partial charge in [0, 0.05) is 22.0 Å². The van der Waals surface area contributed by atoms with Crippen LogP contribution in [0.2, 0.25) is 0 Å². The Balaban J connectivity index is 2.40. The monoisotopic (exact) mass is 413 g/mol. The van der Waals surface area contributed by atoms with E-state index in [1.165, 1.54) is 16.4 Å². The summed E-state index contributed by atoms with van der Waals surface area (Å²) in [6.07, 6.45) is 1.71. The van der Waals surface area contributed by atoms with Gasteiger partial charge in [0.2, 0.25) is 10.0 Å². The van der Waals surface area contributed by atoms with Crippen LogP contribution in [-0.2, 0) is 10.0 Å². The van der Waals surface area contributed by atoms with Gasteiger partial charge in [0.1, 0.15) is 10.7 Å². The SMILES string of the molecule is CC1CCN(S(=O)(=O)c2c(Br)cc(F)cc2Br)CC1. The van der Waals surface area contributed by atoms with E-state index in [1.54, 1.807) is 0 Å². The highest BCUT2D eigenvalue weighted by atomic mass is 79.9. The maximum Gasteiger partial charge on any atom is 0.245 e. The molecule has 1 heterocycles. The molecule has 1 aromatic carbocycles. The van der Waals surface area contributed by atoms with E-state index in [4.69, 9.17) is 0 Å². The Hall–Kier alpha value is 0.0200. The van der Waals surface area contributed by atoms with Gasteiger partial charge in [0.25, 0.3) is 0 Å². The maximum absolute atomic E-state index is 13.2. The first-order valence-corrected chi connectivity index (χ1v) is 8.99. The molecule has 0 N–H and O–H groups in total. The van der Waals surface area contributed by atoms with Gasteiger partial charge in [-0.2, -0.15) is 4.31 Å². The first-order valence-electron chi connectivity index (χ1n) is 5.97. The van der Waals surface area contributed by atoms with Crippen molar-refractivity contribution in [2.24, 2.45) is 5.92 Å². The van der Waals surface area contributed by atoms with E-state index < -0.39 is 15.8 Å². The zero-order valence-electron chi connectivity index (χ0n) is 10.4. The van der Waals surface area contributed by atoms with Crippen LogP contribution in [-0.4, -0.2) is 25.8 Å². The van der Waals surface area contributed by atoms with E-state index in [1.807, 2.05) is 0 Å². The molecule has 106 valence electrons. The number of hydrogen-bond acceptors (Lipinski definition) is 2. The molecule has 0 aliphatic carbocycles. The van der Waals surface area contributed by atoms with Crippen LogP contribution in [0.1, 0.15) is 19.8 Å². The van der Waals surface area contributed by atoms with Crippen molar-refractivity contribution in [3.8, 4) is 0 Å². The second-order valence-corrected chi connectivity index (χ2v) is 8.37. The van der Waals surface area contributed by atoms with E-state index in [0.717, 1.165) is 12.8 Å². The Morgan fingerprint density at radius 3 is 2.16 bits per heavy atom. The number of piperidine rings is 1. The number of benzene rings is 1. The summed E-state index contributed by atoms with van der Waals surface area (Å²) in [5.41, 5.74) is 0. The molecule has 7 heteroatoms. The molecule has 2 rings (SSSR count). The summed E-state index contributed by atoms with van der Waals surface area (Å²) < 4.78 is 40.4. The zero-order chi connectivity index (χ0) is 14.2. The Morgan fingerprint density at radius 1 is 1.21 bits per heavy atom. The second-order valence-electron chi connectivity index (χ2n) is 4.79. The van der Waals surface area contributed by atoms with Crippen LogP contribution in [0.3, 0.4) is 0 Å². The lowest BCUT2D eigenvalue weighted by Crippen LogP contribution is -2.38. The molecule has 0 saturated carbocycles. The molecule has 1 fully saturated rings. The molecular formula is C12H14Br2FNO2S. The molecule has 3 nitrogen and oxygen atoms in total. The highest BCUT2D eigenvalue weighted by Crippen LogP contribution is 2.34. The normalized spacial score (nSPS) is 18.7. The van der Waals surface area contributed by atoms with E-state index in [9.17, 15) is 12.8 Å². The molecule has 0 spiro atoms. The highest BCUT2D eigenvalue weighted by Gasteiger charge is 2.31. The fourth-order valence-corrected chi connectivity index (χ4v) is 6.05. The van der Waals surface area contributed by atoms with Crippen LogP contribution in [0.25, 0.3) is 0 Å². The molecule has 1 aliphatic rings. The van der Waals surface area contributed by atoms with Crippen LogP contribution in [0, 0.1) is 11.7 Å². The van der Waals surface area contributed by atoms with Crippen molar-refractivity contribution in [3.05, 3.63) is 26.9 Å². The summed E-state index contributed by atoms with van der Waals surface area (Å²) in [6.45, 7) is 3.15. The number of rotatable bonds is 2. The summed E-state index contributed by atoms with van der Waals surface area (Å²) in [4.78, 5) is 0.100. The van der Waals surface area contributed by atoms with Crippen molar-refractivity contribution < 1.29 is 12.8 Å². The largest absolute Gasteiger partial charge is 0.245 e. The summed E-state index contributed by atoms with van der Waals surface area (Å²) in [5, 5.41) is 0.